The molecule has 18 nitrogen and oxygen atoms in total. The minimum atomic E-state index is -4.55. The van der Waals surface area contributed by atoms with E-state index in [0.29, 0.717) is 85.6 Å². The summed E-state index contributed by atoms with van der Waals surface area (Å²) in [6, 6.07) is 15.9. The van der Waals surface area contributed by atoms with E-state index in [4.69, 9.17) is 10.6 Å². The molecule has 3 aromatic rings. The number of amides is 1. The van der Waals surface area contributed by atoms with Gasteiger partial charge in [-0.15, -0.1) is 0 Å². The number of allylic oxidation sites excluding steroid dienone is 7. The maximum absolute atomic E-state index is 12.3. The smallest absolute Gasteiger partial charge is 0.294 e. The van der Waals surface area contributed by atoms with Crippen LogP contribution in [0.25, 0.3) is 0 Å². The Balaban J connectivity index is 1.47. The highest BCUT2D eigenvalue weighted by molar-refractivity contribution is 7.86. The van der Waals surface area contributed by atoms with Crippen LogP contribution in [0.5, 0.6) is 5.75 Å². The van der Waals surface area contributed by atoms with Crippen LogP contribution in [0.1, 0.15) is 95.8 Å². The number of benzene rings is 3. The van der Waals surface area contributed by atoms with Gasteiger partial charge in [0.2, 0.25) is 11.6 Å². The Kier molecular flexibility index (Phi) is 16.0. The van der Waals surface area contributed by atoms with Gasteiger partial charge < -0.3 is 9.64 Å². The van der Waals surface area contributed by atoms with E-state index >= 15 is 0 Å². The molecule has 2 heterocycles. The second-order valence-corrected chi connectivity index (χ2v) is 24.3. The number of nitrogens with two attached hydrogens (primary N) is 1. The number of rotatable bonds is 20. The van der Waals surface area contributed by atoms with Crippen LogP contribution in [0.2, 0.25) is 0 Å². The van der Waals surface area contributed by atoms with E-state index in [-0.39, 0.29) is 35.0 Å². The Bertz CT molecular complexity index is 3120. The number of ether oxygens (including phenoxy) is 1. The summed E-state index contributed by atoms with van der Waals surface area (Å²) in [6.45, 7) is 8.27. The number of hydrogen-bond donors (Lipinski definition) is 6. The lowest BCUT2D eigenvalue weighted by atomic mass is 9.81. The molecule has 0 saturated heterocycles. The van der Waals surface area contributed by atoms with Gasteiger partial charge in [0, 0.05) is 53.9 Å². The Hall–Kier alpha value is -5.04. The van der Waals surface area contributed by atoms with Crippen molar-refractivity contribution in [3.63, 3.8) is 0 Å². The van der Waals surface area contributed by atoms with Crippen molar-refractivity contribution in [2.45, 2.75) is 106 Å². The highest BCUT2D eigenvalue weighted by Gasteiger charge is 2.45. The van der Waals surface area contributed by atoms with Crippen molar-refractivity contribution < 1.29 is 66.0 Å². The quantitative estimate of drug-likeness (QED) is 0.0176. The van der Waals surface area contributed by atoms with E-state index in [0.717, 1.165) is 28.1 Å². The molecular weight excluding hydrogens is 973 g/mol. The summed E-state index contributed by atoms with van der Waals surface area (Å²) in [5.74, 6) is 5.12. The van der Waals surface area contributed by atoms with Crippen molar-refractivity contribution in [2.75, 3.05) is 29.5 Å². The van der Waals surface area contributed by atoms with Gasteiger partial charge in [0.05, 0.1) is 26.7 Å². The predicted molar refractivity (Wildman–Crippen MR) is 261 cm³/mol. The maximum atomic E-state index is 12.3. The third-order valence-corrected chi connectivity index (χ3v) is 16.0. The molecule has 0 bridgehead atoms. The number of hydrazine groups is 1. The fourth-order valence-electron chi connectivity index (χ4n) is 9.10. The van der Waals surface area contributed by atoms with Gasteiger partial charge in [-0.25, -0.2) is 5.84 Å². The molecule has 69 heavy (non-hydrogen) atoms. The van der Waals surface area contributed by atoms with Gasteiger partial charge in [-0.05, 0) is 136 Å². The van der Waals surface area contributed by atoms with Crippen LogP contribution in [0.3, 0.4) is 0 Å². The van der Waals surface area contributed by atoms with E-state index in [2.05, 4.69) is 5.43 Å². The van der Waals surface area contributed by atoms with E-state index in [1.54, 1.807) is 24.3 Å². The third-order valence-electron chi connectivity index (χ3n) is 12.7. The first-order valence-corrected chi connectivity index (χ1v) is 28.4. The Labute approximate surface area is 404 Å². The number of nitrogens with one attached hydrogen (secondary N) is 1. The lowest BCUT2D eigenvalue weighted by molar-refractivity contribution is -0.438. The topological polar surface area (TPSA) is 288 Å². The molecular formula is C47H59N4O14S4+. The number of hydrogen-bond acceptors (Lipinski definition) is 12. The van der Waals surface area contributed by atoms with Crippen molar-refractivity contribution in [1.82, 2.24) is 5.43 Å². The third kappa shape index (κ3) is 13.0. The second kappa shape index (κ2) is 20.7. The molecule has 6 rings (SSSR count). The maximum Gasteiger partial charge on any atom is 0.294 e. The van der Waals surface area contributed by atoms with Gasteiger partial charge in [-0.2, -0.15) is 38.2 Å². The van der Waals surface area contributed by atoms with Gasteiger partial charge >= 0.3 is 0 Å². The number of nitrogens with zero attached hydrogens (tertiary/aromatic N) is 2. The molecule has 374 valence electrons. The molecule has 0 spiro atoms. The lowest BCUT2D eigenvalue weighted by Gasteiger charge is -2.27. The van der Waals surface area contributed by atoms with Gasteiger partial charge in [-0.1, -0.05) is 32.1 Å². The first-order chi connectivity index (χ1) is 32.1. The average Bonchev–Trinajstić information content (AvgIpc) is 3.60. The van der Waals surface area contributed by atoms with Gasteiger partial charge in [-0.3, -0.25) is 28.4 Å². The van der Waals surface area contributed by atoms with E-state index in [1.807, 2.05) is 73.6 Å². The van der Waals surface area contributed by atoms with Crippen molar-refractivity contribution in [3.05, 3.63) is 124 Å². The van der Waals surface area contributed by atoms with E-state index in [9.17, 15) is 56.7 Å². The van der Waals surface area contributed by atoms with Crippen LogP contribution < -0.4 is 20.9 Å². The van der Waals surface area contributed by atoms with Crippen molar-refractivity contribution in [2.24, 2.45) is 5.84 Å². The van der Waals surface area contributed by atoms with E-state index < -0.39 is 62.8 Å². The largest absolute Gasteiger partial charge is 0.457 e. The molecule has 3 aliphatic rings. The zero-order valence-electron chi connectivity index (χ0n) is 38.8. The molecule has 0 saturated carbocycles. The Morgan fingerprint density at radius 1 is 0.754 bits per heavy atom. The SMILES string of the molecule is CC1(C)C(/C=C/C2=C(Oc3ccc(CCC(=O)NN)cc3)C(=C/C=C3/N(CCCCS(=O)(=O)O)c4ccc(S(=O)(=O)O)cc4C3(C)C)/CCC2)=[N+](CCCCS(=O)(=O)O)c2ccc(S(=O)(=O)O)cc21. The molecule has 0 atom stereocenters. The monoisotopic (exact) mass is 1030 g/mol. The summed E-state index contributed by atoms with van der Waals surface area (Å²) in [5, 5.41) is 0. The molecule has 0 fully saturated rings. The predicted octanol–water partition coefficient (Wildman–Crippen LogP) is 6.50. The van der Waals surface area contributed by atoms with Crippen molar-refractivity contribution in [3.8, 4) is 5.75 Å². The van der Waals surface area contributed by atoms with Crippen LogP contribution in [-0.4, -0.2) is 92.7 Å². The molecule has 0 aromatic heterocycles. The normalized spacial score (nSPS) is 18.4. The molecule has 0 radical (unpaired) electrons. The summed E-state index contributed by atoms with van der Waals surface area (Å²) < 4.78 is 143. The van der Waals surface area contributed by atoms with Crippen LogP contribution in [0.4, 0.5) is 11.4 Å². The Morgan fingerprint density at radius 3 is 1.97 bits per heavy atom. The standard InChI is InChI=1S/C47H58N4O14S4/c1-46(2)38-30-36(68(59,60)61)19-21-40(38)50(26-5-7-28-66(53,54)55)42(46)23-15-33-10-9-11-34(45(33)65-35-17-12-32(13-18-35)14-25-44(52)49-48)16-24-43-47(3,4)39-31-37(69(62,63)64)20-22-41(39)51(43)27-6-8-29-67(56,57)58/h12-13,15-24,30-31H,5-11,14,25-29,48H2,1-4H3,(H4-,49,52,53,54,55,56,57,58,59,60,61,62,63,64)/p+1. The minimum Gasteiger partial charge on any atom is -0.457 e. The van der Waals surface area contributed by atoms with Gasteiger partial charge in [0.15, 0.2) is 5.71 Å². The van der Waals surface area contributed by atoms with Crippen LogP contribution in [-0.2, 0) is 62.5 Å². The number of carbonyl (C=O) groups excluding carboxylic acids is 1. The van der Waals surface area contributed by atoms with E-state index in [1.165, 1.54) is 24.3 Å². The number of aryl methyl sites for hydroxylation is 1. The first-order valence-electron chi connectivity index (χ1n) is 22.3. The summed E-state index contributed by atoms with van der Waals surface area (Å²) >= 11 is 0. The van der Waals surface area contributed by atoms with Gasteiger partial charge in [0.25, 0.3) is 40.5 Å². The zero-order chi connectivity index (χ0) is 50.7. The fourth-order valence-corrected chi connectivity index (χ4v) is 11.3. The Morgan fingerprint density at radius 2 is 1.36 bits per heavy atom. The average molecular weight is 1030 g/mol. The molecule has 0 unspecified atom stereocenters. The van der Waals surface area contributed by atoms with Crippen molar-refractivity contribution in [1.29, 1.82) is 0 Å². The molecule has 2 aliphatic heterocycles. The summed E-state index contributed by atoms with van der Waals surface area (Å²) in [5.41, 5.74) is 6.99. The number of anilines is 1. The molecule has 3 aromatic carbocycles. The summed E-state index contributed by atoms with van der Waals surface area (Å²) in [6.07, 6.45) is 11.2. The van der Waals surface area contributed by atoms with Crippen LogP contribution >= 0.6 is 0 Å². The highest BCUT2D eigenvalue weighted by atomic mass is 32.2. The van der Waals surface area contributed by atoms with Crippen LogP contribution in [0, 0.1) is 0 Å². The molecule has 7 N–H and O–H groups in total. The number of carbonyl (C=O) groups is 1. The van der Waals surface area contributed by atoms with Gasteiger partial charge in [0.1, 0.15) is 18.1 Å². The number of unbranched alkanes of at least 4 members (excludes halogenated alkanes) is 2. The minimum absolute atomic E-state index is 0.155. The van der Waals surface area contributed by atoms with Crippen molar-refractivity contribution >= 4 is 63.5 Å². The van der Waals surface area contributed by atoms with Crippen LogP contribution in [0.15, 0.2) is 117 Å². The second-order valence-electron chi connectivity index (χ2n) is 18.3. The summed E-state index contributed by atoms with van der Waals surface area (Å²) in [4.78, 5) is 13.2. The molecule has 1 amide bonds. The first kappa shape index (κ1) is 53.3. The summed E-state index contributed by atoms with van der Waals surface area (Å²) in [7, 11) is -17.5. The lowest BCUT2D eigenvalue weighted by Crippen LogP contribution is -2.30. The molecule has 1 aliphatic carbocycles. The molecule has 22 heteroatoms. The highest BCUT2D eigenvalue weighted by Crippen LogP contribution is 2.49. The fraction of sp³-hybridized carbons (Fsp3) is 0.404. The zero-order valence-corrected chi connectivity index (χ0v) is 42.0. The number of fused-ring (bicyclic) bond motifs is 2.